The van der Waals surface area contributed by atoms with E-state index in [1.807, 2.05) is 31.2 Å². The normalized spacial score (nSPS) is 20.2. The SMILES string of the molecule is CCCc1cc(F)c(OCC2COC(c3ccc(Br)cc3)OC2)c(F)c1. The summed E-state index contributed by atoms with van der Waals surface area (Å²) in [7, 11) is 0. The Bertz CT molecular complexity index is 705. The smallest absolute Gasteiger partial charge is 0.190 e. The van der Waals surface area contributed by atoms with E-state index < -0.39 is 17.9 Å². The molecule has 0 amide bonds. The van der Waals surface area contributed by atoms with Crippen LogP contribution in [0.15, 0.2) is 40.9 Å². The molecule has 6 heteroatoms. The Balaban J connectivity index is 1.53. The summed E-state index contributed by atoms with van der Waals surface area (Å²) in [5, 5.41) is 0. The molecule has 140 valence electrons. The van der Waals surface area contributed by atoms with Gasteiger partial charge in [0.1, 0.15) is 0 Å². The molecule has 2 aromatic rings. The number of benzene rings is 2. The zero-order chi connectivity index (χ0) is 18.5. The first kappa shape index (κ1) is 19.3. The van der Waals surface area contributed by atoms with Crippen LogP contribution in [0.25, 0.3) is 0 Å². The van der Waals surface area contributed by atoms with Crippen molar-refractivity contribution in [3.8, 4) is 5.75 Å². The lowest BCUT2D eigenvalue weighted by molar-refractivity contribution is -0.208. The maximum absolute atomic E-state index is 14.1. The predicted octanol–water partition coefficient (Wildman–Crippen LogP) is 5.42. The van der Waals surface area contributed by atoms with Crippen molar-refractivity contribution in [2.45, 2.75) is 26.1 Å². The summed E-state index contributed by atoms with van der Waals surface area (Å²) in [6, 6.07) is 10.4. The molecule has 0 radical (unpaired) electrons. The fourth-order valence-electron chi connectivity index (χ4n) is 2.84. The van der Waals surface area contributed by atoms with Crippen molar-refractivity contribution in [1.29, 1.82) is 0 Å². The highest BCUT2D eigenvalue weighted by molar-refractivity contribution is 9.10. The van der Waals surface area contributed by atoms with E-state index in [0.717, 1.165) is 16.5 Å². The third-order valence-electron chi connectivity index (χ3n) is 4.17. The van der Waals surface area contributed by atoms with Crippen molar-refractivity contribution in [3.05, 3.63) is 63.6 Å². The first-order valence-electron chi connectivity index (χ1n) is 8.66. The molecule has 0 aliphatic carbocycles. The number of hydrogen-bond acceptors (Lipinski definition) is 3. The van der Waals surface area contributed by atoms with Crippen molar-refractivity contribution in [2.75, 3.05) is 19.8 Å². The lowest BCUT2D eigenvalue weighted by Gasteiger charge is -2.29. The van der Waals surface area contributed by atoms with Crippen LogP contribution in [0.5, 0.6) is 5.75 Å². The van der Waals surface area contributed by atoms with Crippen molar-refractivity contribution in [1.82, 2.24) is 0 Å². The van der Waals surface area contributed by atoms with Gasteiger partial charge in [0.2, 0.25) is 0 Å². The Morgan fingerprint density at radius 2 is 1.69 bits per heavy atom. The third-order valence-corrected chi connectivity index (χ3v) is 4.70. The monoisotopic (exact) mass is 426 g/mol. The summed E-state index contributed by atoms with van der Waals surface area (Å²) in [4.78, 5) is 0. The molecule has 1 saturated heterocycles. The molecule has 0 saturated carbocycles. The molecule has 0 bridgehead atoms. The Morgan fingerprint density at radius 1 is 1.08 bits per heavy atom. The molecule has 0 atom stereocenters. The van der Waals surface area contributed by atoms with Gasteiger partial charge in [0.05, 0.1) is 19.8 Å². The van der Waals surface area contributed by atoms with Gasteiger partial charge in [-0.25, -0.2) is 8.78 Å². The zero-order valence-corrected chi connectivity index (χ0v) is 16.1. The van der Waals surface area contributed by atoms with Crippen LogP contribution in [-0.2, 0) is 15.9 Å². The molecule has 1 fully saturated rings. The average molecular weight is 427 g/mol. The Kier molecular flexibility index (Phi) is 6.62. The minimum Gasteiger partial charge on any atom is -0.487 e. The fourth-order valence-corrected chi connectivity index (χ4v) is 3.10. The maximum atomic E-state index is 14.1. The number of halogens is 3. The van der Waals surface area contributed by atoms with Gasteiger partial charge < -0.3 is 14.2 Å². The number of rotatable bonds is 6. The van der Waals surface area contributed by atoms with Crippen molar-refractivity contribution in [3.63, 3.8) is 0 Å². The molecule has 1 aliphatic heterocycles. The van der Waals surface area contributed by atoms with E-state index in [9.17, 15) is 8.78 Å². The second-order valence-electron chi connectivity index (χ2n) is 6.37. The molecule has 1 heterocycles. The quantitative estimate of drug-likeness (QED) is 0.616. The summed E-state index contributed by atoms with van der Waals surface area (Å²) >= 11 is 3.39. The highest BCUT2D eigenvalue weighted by atomic mass is 79.9. The van der Waals surface area contributed by atoms with Gasteiger partial charge >= 0.3 is 0 Å². The number of hydrogen-bond donors (Lipinski definition) is 0. The van der Waals surface area contributed by atoms with Gasteiger partial charge in [0.25, 0.3) is 0 Å². The molecule has 1 aliphatic rings. The highest BCUT2D eigenvalue weighted by Crippen LogP contribution is 2.28. The van der Waals surface area contributed by atoms with Gasteiger partial charge in [-0.05, 0) is 36.2 Å². The molecular formula is C20H21BrF2O3. The highest BCUT2D eigenvalue weighted by Gasteiger charge is 2.25. The minimum atomic E-state index is -0.668. The van der Waals surface area contributed by atoms with Crippen LogP contribution in [-0.4, -0.2) is 19.8 Å². The molecule has 2 aromatic carbocycles. The summed E-state index contributed by atoms with van der Waals surface area (Å²) in [5.74, 6) is -1.76. The summed E-state index contributed by atoms with van der Waals surface area (Å²) in [6.45, 7) is 2.90. The van der Waals surface area contributed by atoms with Crippen LogP contribution in [0.4, 0.5) is 8.78 Å². The summed E-state index contributed by atoms with van der Waals surface area (Å²) in [5.41, 5.74) is 1.56. The molecule has 3 nitrogen and oxygen atoms in total. The van der Waals surface area contributed by atoms with Gasteiger partial charge in [0, 0.05) is 16.0 Å². The molecule has 26 heavy (non-hydrogen) atoms. The van der Waals surface area contributed by atoms with E-state index in [4.69, 9.17) is 14.2 Å². The van der Waals surface area contributed by atoms with Gasteiger partial charge in [0.15, 0.2) is 23.7 Å². The van der Waals surface area contributed by atoms with Crippen LogP contribution in [0, 0.1) is 17.6 Å². The van der Waals surface area contributed by atoms with Gasteiger partial charge in [-0.1, -0.05) is 41.4 Å². The Hall–Kier alpha value is -1.50. The van der Waals surface area contributed by atoms with Crippen molar-refractivity contribution in [2.24, 2.45) is 5.92 Å². The molecule has 0 N–H and O–H groups in total. The molecular weight excluding hydrogens is 406 g/mol. The number of ether oxygens (including phenoxy) is 3. The Labute approximate surface area is 160 Å². The lowest BCUT2D eigenvalue weighted by atomic mass is 10.1. The largest absolute Gasteiger partial charge is 0.487 e. The number of aryl methyl sites for hydroxylation is 1. The van der Waals surface area contributed by atoms with Gasteiger partial charge in [-0.2, -0.15) is 0 Å². The minimum absolute atomic E-state index is 0.0872. The second-order valence-corrected chi connectivity index (χ2v) is 7.28. The second kappa shape index (κ2) is 8.93. The first-order chi connectivity index (χ1) is 12.6. The van der Waals surface area contributed by atoms with Crippen LogP contribution in [0.1, 0.15) is 30.8 Å². The summed E-state index contributed by atoms with van der Waals surface area (Å²) < 4.78 is 45.9. The fraction of sp³-hybridized carbons (Fsp3) is 0.400. The van der Waals surface area contributed by atoms with Gasteiger partial charge in [-0.15, -0.1) is 0 Å². The molecule has 0 aromatic heterocycles. The van der Waals surface area contributed by atoms with Crippen molar-refractivity contribution >= 4 is 15.9 Å². The third kappa shape index (κ3) is 4.81. The van der Waals surface area contributed by atoms with E-state index in [0.29, 0.717) is 25.2 Å². The van der Waals surface area contributed by atoms with E-state index in [2.05, 4.69) is 15.9 Å². The standard InChI is InChI=1S/C20H21BrF2O3/c1-2-3-13-8-17(22)19(18(23)9-13)24-10-14-11-25-20(26-12-14)15-4-6-16(21)7-5-15/h4-9,14,20H,2-3,10-12H2,1H3. The van der Waals surface area contributed by atoms with E-state index in [1.165, 1.54) is 12.1 Å². The Morgan fingerprint density at radius 3 is 2.27 bits per heavy atom. The average Bonchev–Trinajstić information content (AvgIpc) is 2.62. The van der Waals surface area contributed by atoms with Crippen LogP contribution < -0.4 is 4.74 Å². The van der Waals surface area contributed by atoms with E-state index in [1.54, 1.807) is 0 Å². The molecule has 3 rings (SSSR count). The van der Waals surface area contributed by atoms with Crippen LogP contribution in [0.2, 0.25) is 0 Å². The molecule has 0 unspecified atom stereocenters. The van der Waals surface area contributed by atoms with Gasteiger partial charge in [-0.3, -0.25) is 0 Å². The van der Waals surface area contributed by atoms with Crippen LogP contribution >= 0.6 is 15.9 Å². The van der Waals surface area contributed by atoms with E-state index >= 15 is 0 Å². The molecule has 0 spiro atoms. The summed E-state index contributed by atoms with van der Waals surface area (Å²) in [6.07, 6.45) is 1.03. The topological polar surface area (TPSA) is 27.7 Å². The predicted molar refractivity (Wildman–Crippen MR) is 98.1 cm³/mol. The first-order valence-corrected chi connectivity index (χ1v) is 9.45. The van der Waals surface area contributed by atoms with E-state index in [-0.39, 0.29) is 18.3 Å². The van der Waals surface area contributed by atoms with Crippen LogP contribution in [0.3, 0.4) is 0 Å². The maximum Gasteiger partial charge on any atom is 0.190 e. The van der Waals surface area contributed by atoms with Crippen molar-refractivity contribution < 1.29 is 23.0 Å². The lowest BCUT2D eigenvalue weighted by Crippen LogP contribution is -2.31. The zero-order valence-electron chi connectivity index (χ0n) is 14.5.